The minimum absolute atomic E-state index is 0. The van der Waals surface area contributed by atoms with Crippen molar-refractivity contribution in [2.75, 3.05) is 0 Å². The number of hydrogen-bond acceptors (Lipinski definition) is 0. The van der Waals surface area contributed by atoms with Gasteiger partial charge in [0.05, 0.1) is 0 Å². The van der Waals surface area contributed by atoms with E-state index in [1.807, 2.05) is 0 Å². The van der Waals surface area contributed by atoms with Crippen LogP contribution in [-0.4, -0.2) is 0 Å². The minimum Gasteiger partial charge on any atom is -0.0654 e. The van der Waals surface area contributed by atoms with Crippen LogP contribution in [0, 0.1) is 0 Å². The van der Waals surface area contributed by atoms with E-state index in [4.69, 9.17) is 0 Å². The molecule has 8 heavy (non-hydrogen) atoms. The second-order valence-electron chi connectivity index (χ2n) is 2.41. The van der Waals surface area contributed by atoms with Gasteiger partial charge < -0.3 is 0 Å². The SMILES string of the molecule is CCCCCCCC.[HH].[HH]. The van der Waals surface area contributed by atoms with E-state index in [0.717, 1.165) is 0 Å². The summed E-state index contributed by atoms with van der Waals surface area (Å²) < 4.78 is 0. The molecule has 0 aromatic heterocycles. The summed E-state index contributed by atoms with van der Waals surface area (Å²) in [5.74, 6) is 0. The number of hydrogen-bond donors (Lipinski definition) is 0. The van der Waals surface area contributed by atoms with Gasteiger partial charge in [-0.2, -0.15) is 0 Å². The molecule has 0 spiro atoms. The second-order valence-corrected chi connectivity index (χ2v) is 2.41. The van der Waals surface area contributed by atoms with Crippen molar-refractivity contribution in [1.29, 1.82) is 0 Å². The molecule has 0 heteroatoms. The summed E-state index contributed by atoms with van der Waals surface area (Å²) >= 11 is 0. The Morgan fingerprint density at radius 1 is 0.750 bits per heavy atom. The number of unbranched alkanes of at least 4 members (excludes halogenated alkanes) is 5. The molecule has 0 N–H and O–H groups in total. The van der Waals surface area contributed by atoms with Crippen molar-refractivity contribution >= 4 is 0 Å². The fourth-order valence-electron chi connectivity index (χ4n) is 0.854. The fourth-order valence-corrected chi connectivity index (χ4v) is 0.854. The van der Waals surface area contributed by atoms with Crippen LogP contribution in [-0.2, 0) is 0 Å². The third-order valence-electron chi connectivity index (χ3n) is 1.46. The van der Waals surface area contributed by atoms with Crippen LogP contribution in [0.15, 0.2) is 0 Å². The third kappa shape index (κ3) is 6.00. The van der Waals surface area contributed by atoms with E-state index in [0.29, 0.717) is 0 Å². The molecule has 0 radical (unpaired) electrons. The molecule has 0 atom stereocenters. The zero-order chi connectivity index (χ0) is 6.24. The van der Waals surface area contributed by atoms with Crippen LogP contribution in [0.25, 0.3) is 0 Å². The topological polar surface area (TPSA) is 0 Å². The lowest BCUT2D eigenvalue weighted by atomic mass is 10.1. The average Bonchev–Trinajstić information content (AvgIpc) is 1.81. The molecule has 54 valence electrons. The molecular formula is C8H22. The van der Waals surface area contributed by atoms with Gasteiger partial charge in [-0.25, -0.2) is 0 Å². The molecule has 0 saturated carbocycles. The first-order valence-corrected chi connectivity index (χ1v) is 3.91. The highest BCUT2D eigenvalue weighted by Crippen LogP contribution is 2.03. The predicted octanol–water partition coefficient (Wildman–Crippen LogP) is 3.86. The first-order valence-electron chi connectivity index (χ1n) is 3.91. The van der Waals surface area contributed by atoms with Crippen LogP contribution in [0.2, 0.25) is 0 Å². The number of rotatable bonds is 5. The second kappa shape index (κ2) is 7.00. The lowest BCUT2D eigenvalue weighted by molar-refractivity contribution is 0.624. The summed E-state index contributed by atoms with van der Waals surface area (Å²) in [6, 6.07) is 0. The quantitative estimate of drug-likeness (QED) is 0.481. The summed E-state index contributed by atoms with van der Waals surface area (Å²) in [5.41, 5.74) is 0. The van der Waals surface area contributed by atoms with E-state index < -0.39 is 0 Å². The van der Waals surface area contributed by atoms with E-state index in [1.54, 1.807) is 0 Å². The van der Waals surface area contributed by atoms with Gasteiger partial charge in [-0.15, -0.1) is 0 Å². The lowest BCUT2D eigenvalue weighted by Gasteiger charge is -1.93. The first-order chi connectivity index (χ1) is 3.91. The van der Waals surface area contributed by atoms with Crippen molar-refractivity contribution in [3.8, 4) is 0 Å². The Hall–Kier alpha value is 0. The average molecular weight is 118 g/mol. The highest BCUT2D eigenvalue weighted by atomic mass is 13.9. The standard InChI is InChI=1S/C8H18.2H2/c1-3-5-7-8-6-4-2;;/h3-8H2,1-2H3;2*1H. The molecular weight excluding hydrogens is 96.1 g/mol. The molecule has 0 rings (SSSR count). The lowest BCUT2D eigenvalue weighted by Crippen LogP contribution is -1.73. The maximum absolute atomic E-state index is 2.26. The molecule has 0 amide bonds. The smallest absolute Gasteiger partial charge is 0 e. The summed E-state index contributed by atoms with van der Waals surface area (Å²) in [6.45, 7) is 4.51. The van der Waals surface area contributed by atoms with Crippen LogP contribution in [0.5, 0.6) is 0 Å². The summed E-state index contributed by atoms with van der Waals surface area (Å²) in [7, 11) is 0. The molecule has 0 unspecified atom stereocenters. The highest BCUT2D eigenvalue weighted by molar-refractivity contribution is 4.39. The van der Waals surface area contributed by atoms with Crippen molar-refractivity contribution < 1.29 is 2.85 Å². The van der Waals surface area contributed by atoms with Crippen molar-refractivity contribution in [1.82, 2.24) is 0 Å². The predicted molar refractivity (Wildman–Crippen MR) is 43.3 cm³/mol. The maximum atomic E-state index is 2.26. The molecule has 0 aromatic rings. The molecule has 0 aliphatic rings. The van der Waals surface area contributed by atoms with Gasteiger partial charge in [0, 0.05) is 2.85 Å². The third-order valence-corrected chi connectivity index (χ3v) is 1.46. The van der Waals surface area contributed by atoms with Crippen molar-refractivity contribution in [3.05, 3.63) is 0 Å². The van der Waals surface area contributed by atoms with Gasteiger partial charge in [0.1, 0.15) is 0 Å². The summed E-state index contributed by atoms with van der Waals surface area (Å²) in [5, 5.41) is 0. The van der Waals surface area contributed by atoms with Gasteiger partial charge in [0.15, 0.2) is 0 Å². The molecule has 0 saturated heterocycles. The van der Waals surface area contributed by atoms with Crippen molar-refractivity contribution in [3.63, 3.8) is 0 Å². The molecule has 0 aliphatic heterocycles. The Morgan fingerprint density at radius 2 is 1.12 bits per heavy atom. The highest BCUT2D eigenvalue weighted by Gasteiger charge is 1.83. The Balaban J connectivity index is -0.000000245. The van der Waals surface area contributed by atoms with E-state index in [2.05, 4.69) is 13.8 Å². The summed E-state index contributed by atoms with van der Waals surface area (Å²) in [4.78, 5) is 0. The van der Waals surface area contributed by atoms with Gasteiger partial charge in [-0.3, -0.25) is 0 Å². The van der Waals surface area contributed by atoms with E-state index >= 15 is 0 Å². The largest absolute Gasteiger partial charge is 0.0654 e. The normalized spacial score (nSPS) is 9.75. The molecule has 0 aromatic carbocycles. The van der Waals surface area contributed by atoms with Crippen LogP contribution in [0.4, 0.5) is 0 Å². The van der Waals surface area contributed by atoms with Gasteiger partial charge >= 0.3 is 0 Å². The maximum Gasteiger partial charge on any atom is 0 e. The zero-order valence-electron chi connectivity index (χ0n) is 6.24. The monoisotopic (exact) mass is 118 g/mol. The van der Waals surface area contributed by atoms with Crippen LogP contribution in [0.1, 0.15) is 55.2 Å². The van der Waals surface area contributed by atoms with Crippen molar-refractivity contribution in [2.24, 2.45) is 0 Å². The van der Waals surface area contributed by atoms with Gasteiger partial charge in [0.25, 0.3) is 0 Å². The fraction of sp³-hybridized carbons (Fsp3) is 1.00. The molecule has 0 nitrogen and oxygen atoms in total. The van der Waals surface area contributed by atoms with Gasteiger partial charge in [-0.05, 0) is 0 Å². The Labute approximate surface area is 56.3 Å². The van der Waals surface area contributed by atoms with Crippen LogP contribution < -0.4 is 0 Å². The van der Waals surface area contributed by atoms with Gasteiger partial charge in [0.2, 0.25) is 0 Å². The first kappa shape index (κ1) is 8.00. The Kier molecular flexibility index (Phi) is 7.00. The molecule has 0 heterocycles. The van der Waals surface area contributed by atoms with Crippen molar-refractivity contribution in [2.45, 2.75) is 52.4 Å². The molecule has 0 aliphatic carbocycles. The van der Waals surface area contributed by atoms with Gasteiger partial charge in [-0.1, -0.05) is 52.4 Å². The van der Waals surface area contributed by atoms with E-state index in [1.165, 1.54) is 38.5 Å². The zero-order valence-corrected chi connectivity index (χ0v) is 6.24. The van der Waals surface area contributed by atoms with E-state index in [-0.39, 0.29) is 2.85 Å². The minimum atomic E-state index is 0. The summed E-state index contributed by atoms with van der Waals surface area (Å²) in [6.07, 6.45) is 8.49. The Bertz CT molecular complexity index is 32.2. The Morgan fingerprint density at radius 3 is 1.38 bits per heavy atom. The van der Waals surface area contributed by atoms with E-state index in [9.17, 15) is 0 Å². The van der Waals surface area contributed by atoms with Crippen LogP contribution in [0.3, 0.4) is 0 Å². The molecule has 0 bridgehead atoms. The van der Waals surface area contributed by atoms with Crippen LogP contribution >= 0.6 is 0 Å². The molecule has 0 fully saturated rings.